The molecule has 0 heterocycles. The fourth-order valence-electron chi connectivity index (χ4n) is 1.56. The van der Waals surface area contributed by atoms with Crippen LogP contribution in [0.4, 0.5) is 0 Å². The Morgan fingerprint density at radius 2 is 2.24 bits per heavy atom. The van der Waals surface area contributed by atoms with Gasteiger partial charge in [0.1, 0.15) is 0 Å². The highest BCUT2D eigenvalue weighted by Crippen LogP contribution is 2.21. The van der Waals surface area contributed by atoms with Crippen LogP contribution in [0.5, 0.6) is 0 Å². The number of hydrogen-bond acceptors (Lipinski definition) is 3. The topological polar surface area (TPSA) is 26.3 Å². The summed E-state index contributed by atoms with van der Waals surface area (Å²) in [5.74, 6) is -0.215. The van der Waals surface area contributed by atoms with Gasteiger partial charge in [-0.25, -0.2) is 4.79 Å². The molecule has 0 aliphatic carbocycles. The minimum absolute atomic E-state index is 0.215. The first-order valence-corrected chi connectivity index (χ1v) is 7.97. The SMILES string of the molecule is CCOC(=O)c1cc(SC)ccc1CCCBr. The summed E-state index contributed by atoms with van der Waals surface area (Å²) in [6, 6.07) is 6.00. The lowest BCUT2D eigenvalue weighted by atomic mass is 10.0. The third-order valence-electron chi connectivity index (χ3n) is 2.39. The lowest BCUT2D eigenvalue weighted by molar-refractivity contribution is 0.0525. The number of benzene rings is 1. The second kappa shape index (κ2) is 7.77. The van der Waals surface area contributed by atoms with Crippen molar-refractivity contribution >= 4 is 33.7 Å². The minimum atomic E-state index is -0.215. The second-order valence-electron chi connectivity index (χ2n) is 3.54. The Balaban J connectivity index is 2.98. The number of carbonyl (C=O) groups is 1. The van der Waals surface area contributed by atoms with Gasteiger partial charge in [0.15, 0.2) is 0 Å². The second-order valence-corrected chi connectivity index (χ2v) is 5.21. The molecule has 0 aliphatic heterocycles. The molecule has 0 N–H and O–H groups in total. The number of rotatable bonds is 6. The molecule has 0 aliphatic rings. The maximum atomic E-state index is 11.9. The van der Waals surface area contributed by atoms with Crippen molar-refractivity contribution in [1.82, 2.24) is 0 Å². The quantitative estimate of drug-likeness (QED) is 0.452. The molecule has 0 fully saturated rings. The van der Waals surface area contributed by atoms with E-state index in [0.29, 0.717) is 12.2 Å². The summed E-state index contributed by atoms with van der Waals surface area (Å²) >= 11 is 5.04. The largest absolute Gasteiger partial charge is 0.462 e. The molecule has 0 saturated carbocycles. The highest BCUT2D eigenvalue weighted by molar-refractivity contribution is 9.09. The average Bonchev–Trinajstić information content (AvgIpc) is 2.36. The molecule has 0 bridgehead atoms. The van der Waals surface area contributed by atoms with E-state index < -0.39 is 0 Å². The first-order valence-electron chi connectivity index (χ1n) is 5.63. The Hall–Kier alpha value is -0.480. The van der Waals surface area contributed by atoms with E-state index in [1.807, 2.05) is 25.3 Å². The van der Waals surface area contributed by atoms with Gasteiger partial charge < -0.3 is 4.74 Å². The molecule has 0 radical (unpaired) electrons. The molecule has 0 aromatic heterocycles. The molecule has 1 rings (SSSR count). The molecule has 94 valence electrons. The van der Waals surface area contributed by atoms with Crippen LogP contribution in [0.2, 0.25) is 0 Å². The van der Waals surface area contributed by atoms with Crippen molar-refractivity contribution in [1.29, 1.82) is 0 Å². The van der Waals surface area contributed by atoms with Crippen LogP contribution in [0.15, 0.2) is 23.1 Å². The van der Waals surface area contributed by atoms with Gasteiger partial charge in [0, 0.05) is 10.2 Å². The molecule has 0 spiro atoms. The highest BCUT2D eigenvalue weighted by atomic mass is 79.9. The maximum Gasteiger partial charge on any atom is 0.338 e. The summed E-state index contributed by atoms with van der Waals surface area (Å²) in [6.07, 6.45) is 3.92. The lowest BCUT2D eigenvalue weighted by Crippen LogP contribution is -2.08. The number of hydrogen-bond donors (Lipinski definition) is 0. The van der Waals surface area contributed by atoms with Crippen LogP contribution in [-0.2, 0) is 11.2 Å². The fraction of sp³-hybridized carbons (Fsp3) is 0.462. The van der Waals surface area contributed by atoms with Gasteiger partial charge in [-0.3, -0.25) is 0 Å². The zero-order valence-corrected chi connectivity index (χ0v) is 12.6. The number of halogens is 1. The predicted molar refractivity (Wildman–Crippen MR) is 76.3 cm³/mol. The molecule has 1 aromatic carbocycles. The van der Waals surface area contributed by atoms with Crippen LogP contribution in [-0.4, -0.2) is 24.2 Å². The first kappa shape index (κ1) is 14.6. The summed E-state index contributed by atoms with van der Waals surface area (Å²) < 4.78 is 5.09. The molecule has 17 heavy (non-hydrogen) atoms. The van der Waals surface area contributed by atoms with Crippen molar-refractivity contribution in [3.05, 3.63) is 29.3 Å². The average molecular weight is 317 g/mol. The first-order chi connectivity index (χ1) is 8.22. The summed E-state index contributed by atoms with van der Waals surface area (Å²) in [5.41, 5.74) is 1.78. The molecule has 0 saturated heterocycles. The van der Waals surface area contributed by atoms with E-state index in [4.69, 9.17) is 4.74 Å². The van der Waals surface area contributed by atoms with Crippen LogP contribution in [0.1, 0.15) is 29.3 Å². The number of thioether (sulfide) groups is 1. The molecule has 0 unspecified atom stereocenters. The molecule has 0 atom stereocenters. The Bertz CT molecular complexity index is 380. The van der Waals surface area contributed by atoms with Gasteiger partial charge in [-0.15, -0.1) is 11.8 Å². The van der Waals surface area contributed by atoms with Crippen molar-refractivity contribution in [2.45, 2.75) is 24.7 Å². The summed E-state index contributed by atoms with van der Waals surface area (Å²) in [5, 5.41) is 0.944. The predicted octanol–water partition coefficient (Wildman–Crippen LogP) is 3.91. The van der Waals surface area contributed by atoms with Gasteiger partial charge in [-0.05, 0) is 43.7 Å². The normalized spacial score (nSPS) is 10.3. The van der Waals surface area contributed by atoms with E-state index in [2.05, 4.69) is 22.0 Å². The zero-order chi connectivity index (χ0) is 12.7. The Morgan fingerprint density at radius 1 is 1.47 bits per heavy atom. The molecule has 2 nitrogen and oxygen atoms in total. The van der Waals surface area contributed by atoms with E-state index in [1.165, 1.54) is 0 Å². The molecule has 1 aromatic rings. The lowest BCUT2D eigenvalue weighted by Gasteiger charge is -2.09. The van der Waals surface area contributed by atoms with Crippen LogP contribution in [0.3, 0.4) is 0 Å². The summed E-state index contributed by atoms with van der Waals surface area (Å²) in [7, 11) is 0. The summed E-state index contributed by atoms with van der Waals surface area (Å²) in [4.78, 5) is 12.9. The Morgan fingerprint density at radius 3 is 2.82 bits per heavy atom. The van der Waals surface area contributed by atoms with Gasteiger partial charge in [0.25, 0.3) is 0 Å². The maximum absolute atomic E-state index is 11.9. The van der Waals surface area contributed by atoms with E-state index in [-0.39, 0.29) is 5.97 Å². The number of carbonyl (C=O) groups excluding carboxylic acids is 1. The van der Waals surface area contributed by atoms with Gasteiger partial charge >= 0.3 is 5.97 Å². The molecular formula is C13H17BrO2S. The standard InChI is InChI=1S/C13H17BrO2S/c1-3-16-13(15)12-9-11(17-2)7-6-10(12)5-4-8-14/h6-7,9H,3-5,8H2,1-2H3. The van der Waals surface area contributed by atoms with E-state index in [1.54, 1.807) is 11.8 Å². The molecule has 0 amide bonds. The Kier molecular flexibility index (Phi) is 6.66. The van der Waals surface area contributed by atoms with Crippen LogP contribution >= 0.6 is 27.7 Å². The number of esters is 1. The number of alkyl halides is 1. The Labute approximate surface area is 115 Å². The molecule has 4 heteroatoms. The van der Waals surface area contributed by atoms with Crippen molar-refractivity contribution in [3.63, 3.8) is 0 Å². The van der Waals surface area contributed by atoms with E-state index in [0.717, 1.165) is 28.6 Å². The van der Waals surface area contributed by atoms with Crippen molar-refractivity contribution in [2.75, 3.05) is 18.2 Å². The number of ether oxygens (including phenoxy) is 1. The third-order valence-corrected chi connectivity index (χ3v) is 3.68. The van der Waals surface area contributed by atoms with Gasteiger partial charge in [-0.2, -0.15) is 0 Å². The molecular weight excluding hydrogens is 300 g/mol. The minimum Gasteiger partial charge on any atom is -0.462 e. The monoisotopic (exact) mass is 316 g/mol. The van der Waals surface area contributed by atoms with Gasteiger partial charge in [0.2, 0.25) is 0 Å². The van der Waals surface area contributed by atoms with Crippen molar-refractivity contribution in [2.24, 2.45) is 0 Å². The van der Waals surface area contributed by atoms with Crippen molar-refractivity contribution in [3.8, 4) is 0 Å². The van der Waals surface area contributed by atoms with E-state index in [9.17, 15) is 4.79 Å². The van der Waals surface area contributed by atoms with Crippen molar-refractivity contribution < 1.29 is 9.53 Å². The summed E-state index contributed by atoms with van der Waals surface area (Å²) in [6.45, 7) is 2.24. The van der Waals surface area contributed by atoms with Crippen LogP contribution in [0, 0.1) is 0 Å². The van der Waals surface area contributed by atoms with E-state index >= 15 is 0 Å². The van der Waals surface area contributed by atoms with Crippen LogP contribution in [0.25, 0.3) is 0 Å². The smallest absolute Gasteiger partial charge is 0.338 e. The fourth-order valence-corrected chi connectivity index (χ4v) is 2.28. The zero-order valence-electron chi connectivity index (χ0n) is 10.2. The highest BCUT2D eigenvalue weighted by Gasteiger charge is 2.12. The third kappa shape index (κ3) is 4.36. The van der Waals surface area contributed by atoms with Gasteiger partial charge in [-0.1, -0.05) is 22.0 Å². The van der Waals surface area contributed by atoms with Gasteiger partial charge in [0.05, 0.1) is 12.2 Å². The van der Waals surface area contributed by atoms with Crippen LogP contribution < -0.4 is 0 Å². The number of aryl methyl sites for hydroxylation is 1.